The minimum absolute atomic E-state index is 0.282. The summed E-state index contributed by atoms with van der Waals surface area (Å²) < 4.78 is 31.2. The van der Waals surface area contributed by atoms with Gasteiger partial charge in [0, 0.05) is 33.0 Å². The van der Waals surface area contributed by atoms with Crippen LogP contribution in [0.25, 0.3) is 0 Å². The molecule has 0 saturated heterocycles. The number of nitrogen functional groups attached to an aromatic ring is 1. The molecule has 0 atom stereocenters. The number of hydrogen-bond donors (Lipinski definition) is 1. The van der Waals surface area contributed by atoms with Crippen molar-refractivity contribution in [2.75, 3.05) is 33.0 Å². The van der Waals surface area contributed by atoms with Crippen LogP contribution in [-0.4, -0.2) is 40.0 Å². The van der Waals surface area contributed by atoms with Crippen LogP contribution < -0.4 is 5.73 Å². The molecule has 0 bridgehead atoms. The lowest BCUT2D eigenvalue weighted by molar-refractivity contribution is 0.189. The number of nitrogens with zero attached hydrogens (tertiary/aromatic N) is 1. The van der Waals surface area contributed by atoms with Crippen molar-refractivity contribution in [1.29, 1.82) is 0 Å². The van der Waals surface area contributed by atoms with E-state index in [9.17, 15) is 8.42 Å². The Balaban J connectivity index is 3.06. The Labute approximate surface area is 115 Å². The van der Waals surface area contributed by atoms with Gasteiger partial charge in [-0.05, 0) is 43.5 Å². The molecule has 19 heavy (non-hydrogen) atoms. The van der Waals surface area contributed by atoms with Crippen LogP contribution in [0.15, 0.2) is 17.0 Å². The fourth-order valence-corrected chi connectivity index (χ4v) is 3.38. The van der Waals surface area contributed by atoms with Crippen LogP contribution in [-0.2, 0) is 14.8 Å². The molecule has 0 spiro atoms. The first-order valence-electron chi connectivity index (χ1n) is 6.12. The molecule has 5 nitrogen and oxygen atoms in total. The van der Waals surface area contributed by atoms with Crippen molar-refractivity contribution < 1.29 is 13.2 Å². The number of methoxy groups -OCH3 is 1. The van der Waals surface area contributed by atoms with E-state index < -0.39 is 10.0 Å². The maximum absolute atomic E-state index is 12.5. The zero-order valence-corrected chi connectivity index (χ0v) is 12.8. The first-order valence-corrected chi connectivity index (χ1v) is 7.56. The molecule has 0 saturated carbocycles. The van der Waals surface area contributed by atoms with E-state index in [1.54, 1.807) is 33.2 Å². The Hall–Kier alpha value is -1.11. The lowest BCUT2D eigenvalue weighted by atomic mass is 10.1. The minimum Gasteiger partial charge on any atom is -0.398 e. The van der Waals surface area contributed by atoms with Crippen LogP contribution in [0, 0.1) is 13.8 Å². The highest BCUT2D eigenvalue weighted by molar-refractivity contribution is 7.89. The average Bonchev–Trinajstić information content (AvgIpc) is 2.33. The minimum atomic E-state index is -3.50. The summed E-state index contributed by atoms with van der Waals surface area (Å²) in [6, 6.07) is 3.44. The molecular formula is C13H22N2O3S. The normalized spacial score (nSPS) is 12.1. The van der Waals surface area contributed by atoms with Gasteiger partial charge in [0.05, 0.1) is 4.90 Å². The van der Waals surface area contributed by atoms with Crippen molar-refractivity contribution in [2.45, 2.75) is 25.2 Å². The third-order valence-corrected chi connectivity index (χ3v) is 5.04. The van der Waals surface area contributed by atoms with Crippen molar-refractivity contribution in [3.8, 4) is 0 Å². The Morgan fingerprint density at radius 1 is 1.32 bits per heavy atom. The van der Waals surface area contributed by atoms with Gasteiger partial charge in [-0.2, -0.15) is 0 Å². The van der Waals surface area contributed by atoms with E-state index in [1.807, 2.05) is 6.92 Å². The highest BCUT2D eigenvalue weighted by Gasteiger charge is 2.23. The molecule has 6 heteroatoms. The predicted molar refractivity (Wildman–Crippen MR) is 76.6 cm³/mol. The maximum Gasteiger partial charge on any atom is 0.243 e. The molecule has 0 heterocycles. The molecule has 0 aromatic heterocycles. The van der Waals surface area contributed by atoms with Gasteiger partial charge in [-0.25, -0.2) is 12.7 Å². The van der Waals surface area contributed by atoms with E-state index in [-0.39, 0.29) is 4.90 Å². The zero-order valence-electron chi connectivity index (χ0n) is 11.9. The van der Waals surface area contributed by atoms with Gasteiger partial charge in [-0.3, -0.25) is 0 Å². The topological polar surface area (TPSA) is 72.6 Å². The summed E-state index contributed by atoms with van der Waals surface area (Å²) in [4.78, 5) is 0.282. The van der Waals surface area contributed by atoms with E-state index in [0.29, 0.717) is 30.8 Å². The number of benzene rings is 1. The molecule has 1 aromatic rings. The van der Waals surface area contributed by atoms with Crippen molar-refractivity contribution in [2.24, 2.45) is 0 Å². The van der Waals surface area contributed by atoms with Gasteiger partial charge in [0.15, 0.2) is 0 Å². The predicted octanol–water partition coefficient (Wildman–Crippen LogP) is 1.54. The van der Waals surface area contributed by atoms with Crippen LogP contribution in [0.4, 0.5) is 5.69 Å². The number of hydrogen-bond acceptors (Lipinski definition) is 4. The monoisotopic (exact) mass is 286 g/mol. The van der Waals surface area contributed by atoms with Crippen molar-refractivity contribution in [3.05, 3.63) is 23.3 Å². The van der Waals surface area contributed by atoms with Crippen LogP contribution in [0.5, 0.6) is 0 Å². The Morgan fingerprint density at radius 2 is 1.95 bits per heavy atom. The van der Waals surface area contributed by atoms with Gasteiger partial charge < -0.3 is 10.5 Å². The van der Waals surface area contributed by atoms with Crippen LogP contribution >= 0.6 is 0 Å². The molecule has 0 aliphatic heterocycles. The smallest absolute Gasteiger partial charge is 0.243 e. The summed E-state index contributed by atoms with van der Waals surface area (Å²) >= 11 is 0. The largest absolute Gasteiger partial charge is 0.398 e. The summed E-state index contributed by atoms with van der Waals surface area (Å²) in [5.41, 5.74) is 7.78. The van der Waals surface area contributed by atoms with Crippen LogP contribution in [0.3, 0.4) is 0 Å². The van der Waals surface area contributed by atoms with Gasteiger partial charge in [0.25, 0.3) is 0 Å². The standard InChI is InChI=1S/C13H22N2O3S/c1-10-8-12(14)11(2)13(9-10)19(16,17)15(3)6-5-7-18-4/h8-9H,5-7,14H2,1-4H3. The third-order valence-electron chi connectivity index (χ3n) is 3.05. The summed E-state index contributed by atoms with van der Waals surface area (Å²) in [5, 5.41) is 0. The van der Waals surface area contributed by atoms with Crippen LogP contribution in [0.2, 0.25) is 0 Å². The van der Waals surface area contributed by atoms with Gasteiger partial charge in [-0.1, -0.05) is 0 Å². The quantitative estimate of drug-likeness (QED) is 0.636. The number of rotatable bonds is 6. The Bertz CT molecular complexity index is 541. The van der Waals surface area contributed by atoms with Crippen molar-refractivity contribution in [1.82, 2.24) is 4.31 Å². The highest BCUT2D eigenvalue weighted by Crippen LogP contribution is 2.25. The maximum atomic E-state index is 12.5. The first-order chi connectivity index (χ1) is 8.80. The van der Waals surface area contributed by atoms with Crippen molar-refractivity contribution >= 4 is 15.7 Å². The molecule has 0 unspecified atom stereocenters. The summed E-state index contributed by atoms with van der Waals surface area (Å²) in [6.45, 7) is 4.52. The van der Waals surface area contributed by atoms with E-state index in [2.05, 4.69) is 0 Å². The molecule has 0 amide bonds. The molecule has 108 valence electrons. The number of sulfonamides is 1. The Morgan fingerprint density at radius 3 is 2.53 bits per heavy atom. The second-order valence-corrected chi connectivity index (χ2v) is 6.66. The van der Waals surface area contributed by atoms with E-state index in [0.717, 1.165) is 5.56 Å². The molecule has 0 radical (unpaired) electrons. The number of ether oxygens (including phenoxy) is 1. The summed E-state index contributed by atoms with van der Waals surface area (Å²) in [5.74, 6) is 0. The summed E-state index contributed by atoms with van der Waals surface area (Å²) in [6.07, 6.45) is 0.659. The molecule has 2 N–H and O–H groups in total. The van der Waals surface area contributed by atoms with Gasteiger partial charge >= 0.3 is 0 Å². The molecule has 0 aliphatic carbocycles. The fourth-order valence-electron chi connectivity index (χ4n) is 1.84. The second kappa shape index (κ2) is 6.36. The zero-order chi connectivity index (χ0) is 14.6. The summed E-state index contributed by atoms with van der Waals surface area (Å²) in [7, 11) is -0.328. The fraction of sp³-hybridized carbons (Fsp3) is 0.538. The number of nitrogens with two attached hydrogens (primary N) is 1. The van der Waals surface area contributed by atoms with Gasteiger partial charge in [0.1, 0.15) is 0 Å². The molecule has 0 fully saturated rings. The second-order valence-electron chi connectivity index (χ2n) is 4.65. The van der Waals surface area contributed by atoms with E-state index >= 15 is 0 Å². The Kier molecular flexibility index (Phi) is 5.34. The van der Waals surface area contributed by atoms with E-state index in [4.69, 9.17) is 10.5 Å². The van der Waals surface area contributed by atoms with Gasteiger partial charge in [-0.15, -0.1) is 0 Å². The number of anilines is 1. The molecule has 1 aromatic carbocycles. The molecule has 0 aliphatic rings. The van der Waals surface area contributed by atoms with Crippen molar-refractivity contribution in [3.63, 3.8) is 0 Å². The molecule has 1 rings (SSSR count). The highest BCUT2D eigenvalue weighted by atomic mass is 32.2. The third kappa shape index (κ3) is 3.68. The van der Waals surface area contributed by atoms with Gasteiger partial charge in [0.2, 0.25) is 10.0 Å². The average molecular weight is 286 g/mol. The SMILES string of the molecule is COCCCN(C)S(=O)(=O)c1cc(C)cc(N)c1C. The van der Waals surface area contributed by atoms with Crippen LogP contribution in [0.1, 0.15) is 17.5 Å². The molecular weight excluding hydrogens is 264 g/mol. The lowest BCUT2D eigenvalue weighted by Gasteiger charge is -2.19. The first kappa shape index (κ1) is 15.9. The van der Waals surface area contributed by atoms with E-state index in [1.165, 1.54) is 4.31 Å². The lowest BCUT2D eigenvalue weighted by Crippen LogP contribution is -2.29. The number of aryl methyl sites for hydroxylation is 1.